The van der Waals surface area contributed by atoms with Crippen molar-refractivity contribution in [3.63, 3.8) is 0 Å². The molecule has 0 spiro atoms. The van der Waals surface area contributed by atoms with Gasteiger partial charge in [0, 0.05) is 0 Å². The number of nitrogens with one attached hydrogen (secondary N) is 1. The third kappa shape index (κ3) is 1.97. The zero-order chi connectivity index (χ0) is 7.23. The molecule has 3 heteroatoms. The zero-order valence-electron chi connectivity index (χ0n) is 5.24. The summed E-state index contributed by atoms with van der Waals surface area (Å²) in [6, 6.07) is 9.57. The Morgan fingerprint density at radius 2 is 2.00 bits per heavy atom. The molecule has 0 aliphatic carbocycles. The zero-order valence-corrected chi connectivity index (χ0v) is 6.06. The van der Waals surface area contributed by atoms with Crippen LogP contribution in [0, 0.1) is 0 Å². The third-order valence-corrected chi connectivity index (χ3v) is 1.10. The Morgan fingerprint density at radius 1 is 1.30 bits per heavy atom. The molecular weight excluding hydrogens is 144 g/mol. The van der Waals surface area contributed by atoms with Gasteiger partial charge in [-0.3, -0.25) is 5.43 Å². The van der Waals surface area contributed by atoms with E-state index in [-0.39, 0.29) is 0 Å². The molecule has 0 radical (unpaired) electrons. The Kier molecular flexibility index (Phi) is 2.62. The summed E-state index contributed by atoms with van der Waals surface area (Å²) in [6.45, 7) is 0. The normalized spacial score (nSPS) is 8.00. The first-order chi connectivity index (χ1) is 4.93. The maximum atomic E-state index is 4.37. The number of hydrogen-bond donors (Lipinski definition) is 1. The van der Waals surface area contributed by atoms with Crippen molar-refractivity contribution in [2.24, 2.45) is 5.10 Å². The van der Waals surface area contributed by atoms with E-state index >= 15 is 0 Å². The maximum Gasteiger partial charge on any atom is 0.0848 e. The second kappa shape index (κ2) is 3.77. The predicted octanol–water partition coefficient (Wildman–Crippen LogP) is 2.12. The number of rotatable bonds is 2. The summed E-state index contributed by atoms with van der Waals surface area (Å²) in [6.07, 6.45) is 0. The first-order valence-corrected chi connectivity index (χ1v) is 3.22. The molecule has 10 heavy (non-hydrogen) atoms. The molecule has 0 saturated heterocycles. The molecule has 0 aliphatic heterocycles. The van der Waals surface area contributed by atoms with Crippen LogP contribution in [0.2, 0.25) is 0 Å². The second-order valence-corrected chi connectivity index (χ2v) is 1.86. The number of anilines is 1. The standard InChI is InChI=1S/C7H6N2S/c10-6-8-9-7-4-2-1-3-5-7/h1-5,9H. The number of hydrazone groups is 1. The molecule has 0 amide bonds. The first kappa shape index (κ1) is 6.93. The lowest BCUT2D eigenvalue weighted by Gasteiger charge is -1.93. The van der Waals surface area contributed by atoms with Crippen molar-refractivity contribution >= 4 is 23.1 Å². The molecule has 0 saturated carbocycles. The maximum absolute atomic E-state index is 4.37. The van der Waals surface area contributed by atoms with E-state index in [0.29, 0.717) is 0 Å². The van der Waals surface area contributed by atoms with E-state index in [9.17, 15) is 0 Å². The summed E-state index contributed by atoms with van der Waals surface area (Å²) in [7, 11) is 0. The Morgan fingerprint density at radius 3 is 2.60 bits per heavy atom. The van der Waals surface area contributed by atoms with Crippen LogP contribution in [-0.4, -0.2) is 5.16 Å². The molecule has 0 atom stereocenters. The average molecular weight is 150 g/mol. The summed E-state index contributed by atoms with van der Waals surface area (Å²) in [5.74, 6) is 0. The van der Waals surface area contributed by atoms with Crippen LogP contribution in [0.25, 0.3) is 0 Å². The highest BCUT2D eigenvalue weighted by molar-refractivity contribution is 7.78. The lowest BCUT2D eigenvalue weighted by atomic mass is 10.3. The van der Waals surface area contributed by atoms with E-state index in [4.69, 9.17) is 0 Å². The van der Waals surface area contributed by atoms with Gasteiger partial charge in [-0.15, -0.1) is 5.10 Å². The van der Waals surface area contributed by atoms with Gasteiger partial charge in [-0.25, -0.2) is 0 Å². The molecule has 50 valence electrons. The van der Waals surface area contributed by atoms with Crippen LogP contribution in [0.5, 0.6) is 0 Å². The van der Waals surface area contributed by atoms with Crippen LogP contribution in [0.3, 0.4) is 0 Å². The van der Waals surface area contributed by atoms with Gasteiger partial charge in [0.05, 0.1) is 10.8 Å². The fourth-order valence-corrected chi connectivity index (χ4v) is 0.646. The predicted molar refractivity (Wildman–Crippen MR) is 45.1 cm³/mol. The van der Waals surface area contributed by atoms with E-state index in [1.165, 1.54) is 0 Å². The second-order valence-electron chi connectivity index (χ2n) is 1.68. The smallest absolute Gasteiger partial charge is 0.0848 e. The van der Waals surface area contributed by atoms with Gasteiger partial charge in [0.1, 0.15) is 0 Å². The van der Waals surface area contributed by atoms with Crippen LogP contribution < -0.4 is 5.43 Å². The third-order valence-electron chi connectivity index (χ3n) is 1.00. The van der Waals surface area contributed by atoms with Gasteiger partial charge in [0.15, 0.2) is 0 Å². The molecule has 1 aromatic rings. The molecule has 0 bridgehead atoms. The molecule has 2 nitrogen and oxygen atoms in total. The van der Waals surface area contributed by atoms with E-state index in [2.05, 4.69) is 27.9 Å². The SMILES string of the molecule is S=C=NNc1ccccc1. The summed E-state index contributed by atoms with van der Waals surface area (Å²) >= 11 is 4.37. The van der Waals surface area contributed by atoms with Crippen molar-refractivity contribution < 1.29 is 0 Å². The number of isothiocyanates is 1. The van der Waals surface area contributed by atoms with Crippen molar-refractivity contribution in [3.05, 3.63) is 30.3 Å². The van der Waals surface area contributed by atoms with E-state index < -0.39 is 0 Å². The molecule has 0 aliphatic rings. The van der Waals surface area contributed by atoms with Crippen molar-refractivity contribution in [3.8, 4) is 0 Å². The van der Waals surface area contributed by atoms with Crippen molar-refractivity contribution in [2.75, 3.05) is 5.43 Å². The van der Waals surface area contributed by atoms with Gasteiger partial charge in [-0.2, -0.15) is 0 Å². The largest absolute Gasteiger partial charge is 0.270 e. The number of para-hydroxylation sites is 1. The van der Waals surface area contributed by atoms with Crippen LogP contribution >= 0.6 is 12.2 Å². The van der Waals surface area contributed by atoms with Gasteiger partial charge in [-0.05, 0) is 24.4 Å². The van der Waals surface area contributed by atoms with Gasteiger partial charge >= 0.3 is 0 Å². The molecule has 1 rings (SSSR count). The summed E-state index contributed by atoms with van der Waals surface area (Å²) in [5.41, 5.74) is 3.62. The molecule has 1 N–H and O–H groups in total. The highest BCUT2D eigenvalue weighted by atomic mass is 32.1. The molecule has 0 unspecified atom stereocenters. The Labute approximate surface area is 64.6 Å². The molecule has 0 heterocycles. The minimum atomic E-state index is 0.917. The quantitative estimate of drug-likeness (QED) is 0.396. The van der Waals surface area contributed by atoms with Crippen LogP contribution in [0.1, 0.15) is 0 Å². The Bertz CT molecular complexity index is 239. The fourth-order valence-electron chi connectivity index (χ4n) is 0.600. The van der Waals surface area contributed by atoms with E-state index in [1.54, 1.807) is 0 Å². The first-order valence-electron chi connectivity index (χ1n) is 2.81. The highest BCUT2D eigenvalue weighted by Crippen LogP contribution is 2.03. The monoisotopic (exact) mass is 150 g/mol. The fraction of sp³-hybridized carbons (Fsp3) is 0. The molecular formula is C7H6N2S. The van der Waals surface area contributed by atoms with Crippen LogP contribution in [0.15, 0.2) is 35.4 Å². The minimum Gasteiger partial charge on any atom is -0.270 e. The number of benzene rings is 1. The number of hydrogen-bond acceptors (Lipinski definition) is 3. The number of thiocarbonyl (C=S) groups is 1. The minimum absolute atomic E-state index is 0.917. The van der Waals surface area contributed by atoms with Crippen molar-refractivity contribution in [1.82, 2.24) is 0 Å². The highest BCUT2D eigenvalue weighted by Gasteiger charge is 1.81. The summed E-state index contributed by atoms with van der Waals surface area (Å²) < 4.78 is 0. The van der Waals surface area contributed by atoms with Gasteiger partial charge in [0.2, 0.25) is 0 Å². The van der Waals surface area contributed by atoms with E-state index in [1.807, 2.05) is 30.3 Å². The topological polar surface area (TPSA) is 24.4 Å². The summed E-state index contributed by atoms with van der Waals surface area (Å²) in [5, 5.41) is 5.77. The summed E-state index contributed by atoms with van der Waals surface area (Å²) in [4.78, 5) is 0. The lowest BCUT2D eigenvalue weighted by molar-refractivity contribution is 1.36. The van der Waals surface area contributed by atoms with Crippen molar-refractivity contribution in [1.29, 1.82) is 0 Å². The Hall–Kier alpha value is -1.18. The lowest BCUT2D eigenvalue weighted by Crippen LogP contribution is -1.84. The average Bonchev–Trinajstić information content (AvgIpc) is 2.03. The molecule has 1 aromatic carbocycles. The van der Waals surface area contributed by atoms with Gasteiger partial charge in [0.25, 0.3) is 0 Å². The van der Waals surface area contributed by atoms with Crippen LogP contribution in [0.4, 0.5) is 5.69 Å². The molecule has 0 fully saturated rings. The number of nitrogens with zero attached hydrogens (tertiary/aromatic N) is 1. The van der Waals surface area contributed by atoms with E-state index in [0.717, 1.165) is 5.69 Å². The van der Waals surface area contributed by atoms with Crippen molar-refractivity contribution in [2.45, 2.75) is 0 Å². The van der Waals surface area contributed by atoms with Crippen LogP contribution in [-0.2, 0) is 0 Å². The van der Waals surface area contributed by atoms with Gasteiger partial charge in [-0.1, -0.05) is 18.2 Å². The molecule has 0 aromatic heterocycles. The van der Waals surface area contributed by atoms with Gasteiger partial charge < -0.3 is 0 Å². The Balaban J connectivity index is 2.67.